The van der Waals surface area contributed by atoms with Crippen LogP contribution in [-0.4, -0.2) is 41.6 Å². The Morgan fingerprint density at radius 2 is 2.22 bits per heavy atom. The van der Waals surface area contributed by atoms with Crippen LogP contribution >= 0.6 is 11.6 Å². The second-order valence-electron chi connectivity index (χ2n) is 8.67. The lowest BCUT2D eigenvalue weighted by Crippen LogP contribution is -2.57. The number of nitrogens with zero attached hydrogens (tertiary/aromatic N) is 1. The van der Waals surface area contributed by atoms with E-state index in [1.165, 1.54) is 0 Å². The van der Waals surface area contributed by atoms with Crippen LogP contribution in [0.15, 0.2) is 18.2 Å². The van der Waals surface area contributed by atoms with Crippen LogP contribution < -0.4 is 10.5 Å². The molecule has 27 heavy (non-hydrogen) atoms. The zero-order valence-corrected chi connectivity index (χ0v) is 17.0. The molecule has 0 radical (unpaired) electrons. The smallest absolute Gasteiger partial charge is 0.239 e. The zero-order chi connectivity index (χ0) is 19.3. The molecule has 1 aromatic carbocycles. The third-order valence-corrected chi connectivity index (χ3v) is 6.76. The quantitative estimate of drug-likeness (QED) is 0.835. The highest BCUT2D eigenvalue weighted by Gasteiger charge is 2.51. The Labute approximate surface area is 166 Å². The van der Waals surface area contributed by atoms with E-state index in [0.717, 1.165) is 30.7 Å². The summed E-state index contributed by atoms with van der Waals surface area (Å²) in [6.07, 6.45) is 2.65. The molecule has 6 heteroatoms. The molecule has 2 fully saturated rings. The van der Waals surface area contributed by atoms with Gasteiger partial charge in [-0.1, -0.05) is 18.5 Å². The first-order chi connectivity index (χ1) is 12.8. The van der Waals surface area contributed by atoms with Crippen LogP contribution in [0.5, 0.6) is 5.75 Å². The van der Waals surface area contributed by atoms with E-state index in [1.807, 2.05) is 30.0 Å². The highest BCUT2D eigenvalue weighted by atomic mass is 35.5. The van der Waals surface area contributed by atoms with Crippen molar-refractivity contribution < 1.29 is 14.3 Å². The van der Waals surface area contributed by atoms with Crippen molar-refractivity contribution in [1.82, 2.24) is 4.90 Å². The van der Waals surface area contributed by atoms with Gasteiger partial charge in [-0.2, -0.15) is 0 Å². The van der Waals surface area contributed by atoms with Crippen molar-refractivity contribution in [2.45, 2.75) is 63.9 Å². The molecule has 0 bridgehead atoms. The summed E-state index contributed by atoms with van der Waals surface area (Å²) in [6, 6.07) is 5.38. The minimum absolute atomic E-state index is 0.0103. The Morgan fingerprint density at radius 3 is 2.96 bits per heavy atom. The van der Waals surface area contributed by atoms with Crippen LogP contribution in [0.25, 0.3) is 0 Å². The number of hydrogen-bond acceptors (Lipinski definition) is 4. The van der Waals surface area contributed by atoms with Gasteiger partial charge in [-0.3, -0.25) is 4.79 Å². The fourth-order valence-corrected chi connectivity index (χ4v) is 5.07. The lowest BCUT2D eigenvalue weighted by molar-refractivity contribution is -0.189. The van der Waals surface area contributed by atoms with Crippen molar-refractivity contribution in [3.63, 3.8) is 0 Å². The number of piperidine rings is 1. The van der Waals surface area contributed by atoms with E-state index >= 15 is 0 Å². The van der Waals surface area contributed by atoms with Crippen molar-refractivity contribution in [2.24, 2.45) is 17.6 Å². The monoisotopic (exact) mass is 392 g/mol. The van der Waals surface area contributed by atoms with Crippen LogP contribution in [0, 0.1) is 11.8 Å². The maximum Gasteiger partial charge on any atom is 0.239 e. The summed E-state index contributed by atoms with van der Waals surface area (Å²) >= 11 is 6.25. The molecule has 3 aliphatic heterocycles. The van der Waals surface area contributed by atoms with Gasteiger partial charge < -0.3 is 20.1 Å². The second kappa shape index (κ2) is 6.94. The Balaban J connectivity index is 1.57. The number of rotatable bonds is 2. The molecule has 3 heterocycles. The molecule has 2 saturated heterocycles. The van der Waals surface area contributed by atoms with Gasteiger partial charge in [0.1, 0.15) is 11.4 Å². The van der Waals surface area contributed by atoms with E-state index in [9.17, 15) is 4.79 Å². The number of halogens is 1. The minimum Gasteiger partial charge on any atom is -0.487 e. The summed E-state index contributed by atoms with van der Waals surface area (Å²) in [5.74, 6) is 1.47. The Hall–Kier alpha value is -1.30. The van der Waals surface area contributed by atoms with E-state index in [4.69, 9.17) is 26.8 Å². The van der Waals surface area contributed by atoms with E-state index in [0.29, 0.717) is 23.9 Å². The van der Waals surface area contributed by atoms with Gasteiger partial charge in [0.2, 0.25) is 5.91 Å². The summed E-state index contributed by atoms with van der Waals surface area (Å²) in [5, 5.41) is 0.704. The Morgan fingerprint density at radius 1 is 1.44 bits per heavy atom. The summed E-state index contributed by atoms with van der Waals surface area (Å²) in [4.78, 5) is 14.5. The highest BCUT2D eigenvalue weighted by molar-refractivity contribution is 6.30. The molecule has 0 unspecified atom stereocenters. The predicted octanol–water partition coefficient (Wildman–Crippen LogP) is 3.54. The Kier molecular flexibility index (Phi) is 4.90. The molecule has 1 aromatic rings. The number of carbonyl (C=O) groups excluding carboxylic acids is 1. The zero-order valence-electron chi connectivity index (χ0n) is 16.3. The van der Waals surface area contributed by atoms with Gasteiger partial charge >= 0.3 is 0 Å². The lowest BCUT2D eigenvalue weighted by atomic mass is 9.70. The molecule has 4 rings (SSSR count). The number of amides is 1. The number of hydrogen-bond donors (Lipinski definition) is 1. The average Bonchev–Trinajstić information content (AvgIpc) is 2.65. The van der Waals surface area contributed by atoms with Crippen molar-refractivity contribution in [1.29, 1.82) is 0 Å². The number of ether oxygens (including phenoxy) is 2. The molecule has 5 nitrogen and oxygen atoms in total. The molecule has 148 valence electrons. The van der Waals surface area contributed by atoms with Gasteiger partial charge in [-0.25, -0.2) is 0 Å². The van der Waals surface area contributed by atoms with E-state index < -0.39 is 6.04 Å². The van der Waals surface area contributed by atoms with Gasteiger partial charge in [0.25, 0.3) is 0 Å². The Bertz CT molecular complexity index is 738. The normalized spacial score (nSPS) is 32.6. The summed E-state index contributed by atoms with van der Waals surface area (Å²) in [6.45, 7) is 7.65. The maximum absolute atomic E-state index is 12.5. The molecule has 0 saturated carbocycles. The fraction of sp³-hybridized carbons (Fsp3) is 0.667. The first-order valence-electron chi connectivity index (χ1n) is 9.98. The molecular weight excluding hydrogens is 364 g/mol. The van der Waals surface area contributed by atoms with Crippen LogP contribution in [0.1, 0.15) is 51.7 Å². The topological polar surface area (TPSA) is 64.8 Å². The average molecular weight is 393 g/mol. The third kappa shape index (κ3) is 3.34. The first-order valence-corrected chi connectivity index (χ1v) is 10.4. The molecule has 1 amide bonds. The van der Waals surface area contributed by atoms with Gasteiger partial charge in [0.15, 0.2) is 0 Å². The van der Waals surface area contributed by atoms with Crippen molar-refractivity contribution in [3.8, 4) is 5.75 Å². The number of nitrogens with two attached hydrogens (primary N) is 1. The number of benzene rings is 1. The summed E-state index contributed by atoms with van der Waals surface area (Å²) < 4.78 is 12.9. The third-order valence-electron chi connectivity index (χ3n) is 6.52. The number of carbonyl (C=O) groups is 1. The molecule has 3 aliphatic rings. The first kappa shape index (κ1) is 19.0. The van der Waals surface area contributed by atoms with E-state index in [1.54, 1.807) is 0 Å². The van der Waals surface area contributed by atoms with Crippen molar-refractivity contribution >= 4 is 17.5 Å². The van der Waals surface area contributed by atoms with E-state index in [-0.39, 0.29) is 29.6 Å². The van der Waals surface area contributed by atoms with Crippen LogP contribution in [0.3, 0.4) is 0 Å². The molecule has 2 N–H and O–H groups in total. The number of fused-ring (bicyclic) bond motifs is 4. The van der Waals surface area contributed by atoms with Crippen LogP contribution in [0.4, 0.5) is 0 Å². The number of likely N-dealkylation sites (tertiary alicyclic amines) is 1. The van der Waals surface area contributed by atoms with Gasteiger partial charge in [-0.05, 0) is 51.3 Å². The largest absolute Gasteiger partial charge is 0.487 e. The fourth-order valence-electron chi connectivity index (χ4n) is 4.89. The highest BCUT2D eigenvalue weighted by Crippen LogP contribution is 2.53. The minimum atomic E-state index is -0.401. The lowest BCUT2D eigenvalue weighted by Gasteiger charge is -2.53. The second-order valence-corrected chi connectivity index (χ2v) is 9.11. The SMILES string of the molecule is CC[C@H](N)C(=O)N1CC[C@@H]2O[C@@H]3c4cc(Cl)ccc4OC(C)(C)[C@H]3C[C@@H]2C1. The molecule has 0 aliphatic carbocycles. The van der Waals surface area contributed by atoms with Crippen LogP contribution in [0.2, 0.25) is 5.02 Å². The van der Waals surface area contributed by atoms with E-state index in [2.05, 4.69) is 13.8 Å². The standard InChI is InChI=1S/C21H29ClN2O3/c1-4-16(23)20(25)24-8-7-17-12(11-24)9-15-19(26-17)14-10-13(22)5-6-18(14)27-21(15,2)3/h5-6,10,12,15-17,19H,4,7-9,11,23H2,1-3H3/t12-,15+,16+,17+,19-/m1/s1. The summed E-state index contributed by atoms with van der Waals surface area (Å²) in [5.41, 5.74) is 6.70. The maximum atomic E-state index is 12.5. The molecular formula is C21H29ClN2O3. The molecule has 0 aromatic heterocycles. The van der Waals surface area contributed by atoms with Gasteiger partial charge in [0, 0.05) is 35.5 Å². The van der Waals surface area contributed by atoms with Crippen molar-refractivity contribution in [2.75, 3.05) is 13.1 Å². The molecule has 5 atom stereocenters. The van der Waals surface area contributed by atoms with Crippen LogP contribution in [-0.2, 0) is 9.53 Å². The van der Waals surface area contributed by atoms with Crippen molar-refractivity contribution in [3.05, 3.63) is 28.8 Å². The predicted molar refractivity (Wildman–Crippen MR) is 105 cm³/mol. The molecule has 0 spiro atoms. The van der Waals surface area contributed by atoms with Gasteiger partial charge in [0.05, 0.1) is 18.2 Å². The van der Waals surface area contributed by atoms with Gasteiger partial charge in [-0.15, -0.1) is 0 Å². The summed E-state index contributed by atoms with van der Waals surface area (Å²) in [7, 11) is 0.